The molecule has 6 nitrogen and oxygen atoms in total. The van der Waals surface area contributed by atoms with E-state index in [0.29, 0.717) is 6.54 Å². The zero-order valence-electron chi connectivity index (χ0n) is 10.9. The van der Waals surface area contributed by atoms with Crippen LogP contribution in [0.25, 0.3) is 0 Å². The van der Waals surface area contributed by atoms with Crippen molar-refractivity contribution in [3.63, 3.8) is 0 Å². The van der Waals surface area contributed by atoms with Crippen LogP contribution in [-0.4, -0.2) is 32.1 Å². The highest BCUT2D eigenvalue weighted by Gasteiger charge is 2.14. The lowest BCUT2D eigenvalue weighted by Crippen LogP contribution is -2.30. The summed E-state index contributed by atoms with van der Waals surface area (Å²) in [5.74, 6) is -0.143. The van der Waals surface area contributed by atoms with E-state index in [-0.39, 0.29) is 17.3 Å². The summed E-state index contributed by atoms with van der Waals surface area (Å²) in [5.41, 5.74) is 0.810. The Balaban J connectivity index is 2.72. The Bertz CT molecular complexity index is 523. The summed E-state index contributed by atoms with van der Waals surface area (Å²) in [6.45, 7) is 3.24. The van der Waals surface area contributed by atoms with Gasteiger partial charge >= 0.3 is 0 Å². The first-order valence-electron chi connectivity index (χ1n) is 5.82. The van der Waals surface area contributed by atoms with Gasteiger partial charge in [-0.05, 0) is 24.6 Å². The number of aliphatic hydroxyl groups is 1. The number of benzene rings is 1. The molecule has 0 bridgehead atoms. The molecule has 0 spiro atoms. The average molecular weight is 286 g/mol. The molecular weight excluding hydrogens is 268 g/mol. The molecule has 0 saturated heterocycles. The lowest BCUT2D eigenvalue weighted by molar-refractivity contribution is -0.119. The Labute approximate surface area is 112 Å². The number of carbonyl (C=O) groups is 1. The van der Waals surface area contributed by atoms with Crippen molar-refractivity contribution in [3.8, 4) is 0 Å². The molecule has 0 aliphatic rings. The third-order valence-electron chi connectivity index (χ3n) is 2.34. The lowest BCUT2D eigenvalue weighted by Gasteiger charge is -2.09. The van der Waals surface area contributed by atoms with Crippen LogP contribution < -0.4 is 10.0 Å². The van der Waals surface area contributed by atoms with E-state index in [1.54, 1.807) is 12.1 Å². The second-order valence-electron chi connectivity index (χ2n) is 4.25. The smallest absolute Gasteiger partial charge is 0.240 e. The monoisotopic (exact) mass is 286 g/mol. The minimum atomic E-state index is -3.60. The fourth-order valence-corrected chi connectivity index (χ4v) is 2.45. The number of carbonyl (C=O) groups excluding carboxylic acids is 1. The fraction of sp³-hybridized carbons (Fsp3) is 0.417. The van der Waals surface area contributed by atoms with Crippen LogP contribution in [0.2, 0.25) is 0 Å². The summed E-state index contributed by atoms with van der Waals surface area (Å²) in [4.78, 5) is 10.9. The van der Waals surface area contributed by atoms with Gasteiger partial charge in [0.05, 0.1) is 11.0 Å². The Hall–Kier alpha value is -1.44. The highest BCUT2D eigenvalue weighted by Crippen LogP contribution is 2.10. The lowest BCUT2D eigenvalue weighted by atomic mass is 10.2. The predicted octanol–water partition coefficient (Wildman–Crippen LogP) is -0.0182. The first-order valence-corrected chi connectivity index (χ1v) is 7.30. The molecule has 0 unspecified atom stereocenters. The highest BCUT2D eigenvalue weighted by atomic mass is 32.2. The van der Waals surface area contributed by atoms with E-state index in [4.69, 9.17) is 5.11 Å². The van der Waals surface area contributed by atoms with Gasteiger partial charge in [-0.1, -0.05) is 12.1 Å². The van der Waals surface area contributed by atoms with E-state index in [2.05, 4.69) is 10.0 Å². The van der Waals surface area contributed by atoms with Crippen molar-refractivity contribution in [2.45, 2.75) is 31.4 Å². The van der Waals surface area contributed by atoms with Crippen molar-refractivity contribution in [3.05, 3.63) is 29.8 Å². The van der Waals surface area contributed by atoms with Gasteiger partial charge in [-0.25, -0.2) is 13.1 Å². The second kappa shape index (κ2) is 6.65. The molecule has 0 aliphatic carbocycles. The van der Waals surface area contributed by atoms with Crippen LogP contribution in [0.3, 0.4) is 0 Å². The summed E-state index contributed by atoms with van der Waals surface area (Å²) in [6, 6.07) is 6.18. The molecule has 0 aliphatic heterocycles. The number of hydrogen-bond acceptors (Lipinski definition) is 4. The second-order valence-corrected chi connectivity index (χ2v) is 6.02. The van der Waals surface area contributed by atoms with Crippen molar-refractivity contribution >= 4 is 15.9 Å². The van der Waals surface area contributed by atoms with E-state index in [1.807, 2.05) is 0 Å². The Morgan fingerprint density at radius 3 is 2.37 bits per heavy atom. The number of rotatable bonds is 6. The fourth-order valence-electron chi connectivity index (χ4n) is 1.33. The van der Waals surface area contributed by atoms with Gasteiger partial charge in [0, 0.05) is 20.0 Å². The molecule has 1 aromatic carbocycles. The number of aliphatic hydroxyl groups excluding tert-OH is 1. The maximum Gasteiger partial charge on any atom is 0.240 e. The zero-order valence-corrected chi connectivity index (χ0v) is 11.7. The molecule has 0 aromatic heterocycles. The Morgan fingerprint density at radius 2 is 1.89 bits per heavy atom. The molecule has 0 radical (unpaired) electrons. The summed E-state index contributed by atoms with van der Waals surface area (Å²) in [7, 11) is -3.60. The highest BCUT2D eigenvalue weighted by molar-refractivity contribution is 7.89. The van der Waals surface area contributed by atoms with Crippen molar-refractivity contribution < 1.29 is 18.3 Å². The summed E-state index contributed by atoms with van der Waals surface area (Å²) in [6.07, 6.45) is -0.742. The average Bonchev–Trinajstić information content (AvgIpc) is 2.34. The predicted molar refractivity (Wildman–Crippen MR) is 70.8 cm³/mol. The molecule has 0 saturated carbocycles. The number of amides is 1. The van der Waals surface area contributed by atoms with Gasteiger partial charge in [-0.3, -0.25) is 4.79 Å². The van der Waals surface area contributed by atoms with Crippen LogP contribution in [0.1, 0.15) is 19.4 Å². The number of nitrogens with one attached hydrogen (secondary N) is 2. The van der Waals surface area contributed by atoms with Crippen LogP contribution in [-0.2, 0) is 21.4 Å². The third-order valence-corrected chi connectivity index (χ3v) is 3.78. The van der Waals surface area contributed by atoms with E-state index in [0.717, 1.165) is 5.56 Å². The maximum absolute atomic E-state index is 11.8. The summed E-state index contributed by atoms with van der Waals surface area (Å²) in [5, 5.41) is 11.7. The van der Waals surface area contributed by atoms with Gasteiger partial charge in [0.25, 0.3) is 0 Å². The zero-order chi connectivity index (χ0) is 14.5. The van der Waals surface area contributed by atoms with Crippen LogP contribution in [0.5, 0.6) is 0 Å². The van der Waals surface area contributed by atoms with Gasteiger partial charge in [-0.2, -0.15) is 0 Å². The van der Waals surface area contributed by atoms with Crippen molar-refractivity contribution in [2.24, 2.45) is 0 Å². The van der Waals surface area contributed by atoms with Gasteiger partial charge in [0.1, 0.15) is 0 Å². The van der Waals surface area contributed by atoms with E-state index in [1.165, 1.54) is 26.0 Å². The normalized spacial score (nSPS) is 13.0. The Morgan fingerprint density at radius 1 is 1.32 bits per heavy atom. The van der Waals surface area contributed by atoms with Crippen LogP contribution in [0, 0.1) is 0 Å². The SMILES string of the molecule is CC(=O)NCc1ccc(S(=O)(=O)NC[C@@H](C)O)cc1. The molecule has 0 fully saturated rings. The first kappa shape index (κ1) is 15.6. The largest absolute Gasteiger partial charge is 0.392 e. The van der Waals surface area contributed by atoms with Crippen LogP contribution in [0.15, 0.2) is 29.2 Å². The topological polar surface area (TPSA) is 95.5 Å². The van der Waals surface area contributed by atoms with E-state index < -0.39 is 16.1 Å². The molecule has 1 rings (SSSR count). The molecule has 1 aromatic rings. The molecular formula is C12H18N2O4S. The minimum Gasteiger partial charge on any atom is -0.392 e. The summed E-state index contributed by atoms with van der Waals surface area (Å²) < 4.78 is 25.9. The molecule has 0 heterocycles. The third kappa shape index (κ3) is 5.37. The van der Waals surface area contributed by atoms with Gasteiger partial charge in [-0.15, -0.1) is 0 Å². The quantitative estimate of drug-likeness (QED) is 0.685. The standard InChI is InChI=1S/C12H18N2O4S/c1-9(15)7-14-19(17,18)12-5-3-11(4-6-12)8-13-10(2)16/h3-6,9,14-15H,7-8H2,1-2H3,(H,13,16)/t9-/m1/s1. The number of sulfonamides is 1. The number of hydrogen-bond donors (Lipinski definition) is 3. The van der Waals surface area contributed by atoms with Crippen molar-refractivity contribution in [1.29, 1.82) is 0 Å². The molecule has 106 valence electrons. The molecule has 7 heteroatoms. The molecule has 1 amide bonds. The molecule has 19 heavy (non-hydrogen) atoms. The van der Waals surface area contributed by atoms with E-state index >= 15 is 0 Å². The maximum atomic E-state index is 11.8. The Kier molecular flexibility index (Phi) is 5.46. The first-order chi connectivity index (χ1) is 8.81. The van der Waals surface area contributed by atoms with Crippen molar-refractivity contribution in [1.82, 2.24) is 10.0 Å². The minimum absolute atomic E-state index is 0.0318. The van der Waals surface area contributed by atoms with Gasteiger partial charge in [0.2, 0.25) is 15.9 Å². The molecule has 3 N–H and O–H groups in total. The van der Waals surface area contributed by atoms with E-state index in [9.17, 15) is 13.2 Å². The summed E-state index contributed by atoms with van der Waals surface area (Å²) >= 11 is 0. The van der Waals surface area contributed by atoms with Gasteiger partial charge in [0.15, 0.2) is 0 Å². The van der Waals surface area contributed by atoms with Crippen molar-refractivity contribution in [2.75, 3.05) is 6.54 Å². The van der Waals surface area contributed by atoms with Crippen LogP contribution in [0.4, 0.5) is 0 Å². The van der Waals surface area contributed by atoms with Gasteiger partial charge < -0.3 is 10.4 Å². The van der Waals surface area contributed by atoms with Crippen LogP contribution >= 0.6 is 0 Å². The molecule has 1 atom stereocenters.